The van der Waals surface area contributed by atoms with E-state index in [0.717, 1.165) is 17.7 Å². The van der Waals surface area contributed by atoms with Crippen molar-refractivity contribution in [2.45, 2.75) is 18.6 Å². The molecule has 0 aliphatic heterocycles. The van der Waals surface area contributed by atoms with E-state index in [-0.39, 0.29) is 5.39 Å². The van der Waals surface area contributed by atoms with Gasteiger partial charge in [-0.2, -0.15) is 13.2 Å². The third-order valence-corrected chi connectivity index (χ3v) is 3.31. The fourth-order valence-corrected chi connectivity index (χ4v) is 2.35. The molecule has 2 aromatic rings. The number of carboxylic acids is 1. The second-order valence-corrected chi connectivity index (χ2v) is 4.65. The Labute approximate surface area is 107 Å². The Balaban J connectivity index is 2.59. The number of rotatable bonds is 3. The Kier molecular flexibility index (Phi) is 3.31. The van der Waals surface area contributed by atoms with Crippen molar-refractivity contribution >= 4 is 27.5 Å². The summed E-state index contributed by atoms with van der Waals surface area (Å²) >= 11 is 1.12. The molecule has 0 bridgehead atoms. The monoisotopic (exact) mass is 292 g/mol. The summed E-state index contributed by atoms with van der Waals surface area (Å²) in [7, 11) is 0. The zero-order valence-electron chi connectivity index (χ0n) is 9.22. The number of nitrogens with zero attached hydrogens (tertiary/aromatic N) is 2. The topological polar surface area (TPSA) is 72.2 Å². The largest absolute Gasteiger partial charge is 0.481 e. The first-order chi connectivity index (χ1) is 8.80. The molecule has 0 aliphatic carbocycles. The van der Waals surface area contributed by atoms with Gasteiger partial charge in [-0.15, -0.1) is 11.3 Å². The molecule has 1 N–H and O–H groups in total. The van der Waals surface area contributed by atoms with Crippen LogP contribution in [0.15, 0.2) is 22.6 Å². The molecule has 0 saturated carbocycles. The van der Waals surface area contributed by atoms with Crippen LogP contribution in [0, 0.1) is 0 Å². The minimum Gasteiger partial charge on any atom is -0.481 e. The van der Waals surface area contributed by atoms with Crippen molar-refractivity contribution in [3.05, 3.63) is 28.1 Å². The second kappa shape index (κ2) is 4.65. The Morgan fingerprint density at radius 2 is 2.21 bits per heavy atom. The zero-order valence-corrected chi connectivity index (χ0v) is 10.0. The van der Waals surface area contributed by atoms with Crippen LogP contribution in [0.5, 0.6) is 0 Å². The smallest absolute Gasteiger partial charge is 0.409 e. The van der Waals surface area contributed by atoms with Gasteiger partial charge in [0.05, 0.1) is 18.1 Å². The molecule has 0 amide bonds. The molecule has 0 saturated heterocycles. The fourth-order valence-electron chi connectivity index (χ4n) is 1.63. The van der Waals surface area contributed by atoms with E-state index in [0.29, 0.717) is 9.40 Å². The van der Waals surface area contributed by atoms with E-state index in [1.54, 1.807) is 0 Å². The number of alkyl halides is 3. The molecule has 0 aromatic carbocycles. The molecule has 2 aromatic heterocycles. The Bertz CT molecular complexity index is 676. The molecule has 102 valence electrons. The number of aromatic nitrogens is 2. The van der Waals surface area contributed by atoms with Gasteiger partial charge >= 0.3 is 12.1 Å². The number of hydrogen-bond donors (Lipinski definition) is 1. The third kappa shape index (κ3) is 2.60. The van der Waals surface area contributed by atoms with Crippen LogP contribution < -0.4 is 5.56 Å². The molecule has 2 rings (SSSR count). The maximum Gasteiger partial charge on any atom is 0.409 e. The van der Waals surface area contributed by atoms with Crippen molar-refractivity contribution in [1.82, 2.24) is 9.55 Å². The van der Waals surface area contributed by atoms with Gasteiger partial charge in [0.1, 0.15) is 10.9 Å². The van der Waals surface area contributed by atoms with E-state index in [9.17, 15) is 22.8 Å². The molecular weight excluding hydrogens is 285 g/mol. The summed E-state index contributed by atoms with van der Waals surface area (Å²) in [6.07, 6.45) is -5.32. The predicted molar refractivity (Wildman–Crippen MR) is 61.2 cm³/mol. The molecule has 1 atom stereocenters. The van der Waals surface area contributed by atoms with E-state index in [1.165, 1.54) is 11.4 Å². The van der Waals surface area contributed by atoms with Crippen LogP contribution in [0.1, 0.15) is 12.5 Å². The minimum absolute atomic E-state index is 0.0483. The van der Waals surface area contributed by atoms with Crippen LogP contribution in [-0.2, 0) is 4.79 Å². The first-order valence-electron chi connectivity index (χ1n) is 5.03. The van der Waals surface area contributed by atoms with Gasteiger partial charge in [-0.1, -0.05) is 0 Å². The van der Waals surface area contributed by atoms with Gasteiger partial charge in [0.25, 0.3) is 5.56 Å². The number of hydrogen-bond acceptors (Lipinski definition) is 4. The summed E-state index contributed by atoms with van der Waals surface area (Å²) in [6.45, 7) is 0. The van der Waals surface area contributed by atoms with Crippen LogP contribution in [0.4, 0.5) is 13.2 Å². The summed E-state index contributed by atoms with van der Waals surface area (Å²) in [5, 5.41) is 10.1. The van der Waals surface area contributed by atoms with Gasteiger partial charge in [0.15, 0.2) is 0 Å². The number of halogens is 3. The summed E-state index contributed by atoms with van der Waals surface area (Å²) < 4.78 is 38.8. The van der Waals surface area contributed by atoms with E-state index >= 15 is 0 Å². The van der Waals surface area contributed by atoms with Gasteiger partial charge in [-0.25, -0.2) is 4.98 Å². The van der Waals surface area contributed by atoms with Crippen molar-refractivity contribution in [1.29, 1.82) is 0 Å². The summed E-state index contributed by atoms with van der Waals surface area (Å²) in [6, 6.07) is -1.06. The summed E-state index contributed by atoms with van der Waals surface area (Å²) in [4.78, 5) is 26.5. The van der Waals surface area contributed by atoms with E-state index in [4.69, 9.17) is 5.11 Å². The molecule has 0 fully saturated rings. The third-order valence-electron chi connectivity index (χ3n) is 2.49. The molecule has 0 spiro atoms. The molecule has 5 nitrogen and oxygen atoms in total. The molecule has 9 heteroatoms. The maximum atomic E-state index is 12.8. The molecule has 1 unspecified atom stereocenters. The fraction of sp³-hybridized carbons (Fsp3) is 0.300. The van der Waals surface area contributed by atoms with Gasteiger partial charge < -0.3 is 5.11 Å². The average Bonchev–Trinajstić information content (AvgIpc) is 2.74. The molecule has 2 heterocycles. The van der Waals surface area contributed by atoms with Crippen molar-refractivity contribution in [2.75, 3.05) is 0 Å². The quantitative estimate of drug-likeness (QED) is 0.939. The van der Waals surface area contributed by atoms with E-state index in [2.05, 4.69) is 4.98 Å². The SMILES string of the molecule is O=C(O)CC(n1cnc2sccc2c1=O)C(F)(F)F. The van der Waals surface area contributed by atoms with Crippen molar-refractivity contribution in [2.24, 2.45) is 0 Å². The summed E-state index contributed by atoms with van der Waals surface area (Å²) in [5.74, 6) is -1.64. The highest BCUT2D eigenvalue weighted by Crippen LogP contribution is 2.32. The number of aliphatic carboxylic acids is 1. The van der Waals surface area contributed by atoms with Crippen LogP contribution in [0.2, 0.25) is 0 Å². The predicted octanol–water partition coefficient (Wildman–Crippen LogP) is 2.04. The Morgan fingerprint density at radius 1 is 1.53 bits per heavy atom. The first kappa shape index (κ1) is 13.5. The number of thiophene rings is 1. The average molecular weight is 292 g/mol. The Morgan fingerprint density at radius 3 is 2.79 bits per heavy atom. The van der Waals surface area contributed by atoms with Crippen LogP contribution in [-0.4, -0.2) is 26.8 Å². The van der Waals surface area contributed by atoms with Crippen molar-refractivity contribution in [3.63, 3.8) is 0 Å². The zero-order chi connectivity index (χ0) is 14.2. The van der Waals surface area contributed by atoms with Crippen molar-refractivity contribution in [3.8, 4) is 0 Å². The van der Waals surface area contributed by atoms with Gasteiger partial charge in [0.2, 0.25) is 0 Å². The highest BCUT2D eigenvalue weighted by Gasteiger charge is 2.43. The lowest BCUT2D eigenvalue weighted by Gasteiger charge is -2.20. The highest BCUT2D eigenvalue weighted by atomic mass is 32.1. The van der Waals surface area contributed by atoms with E-state index < -0.39 is 30.2 Å². The highest BCUT2D eigenvalue weighted by molar-refractivity contribution is 7.16. The molecule has 0 aliphatic rings. The van der Waals surface area contributed by atoms with Crippen LogP contribution >= 0.6 is 11.3 Å². The summed E-state index contributed by atoms with van der Waals surface area (Å²) in [5.41, 5.74) is -0.894. The minimum atomic E-state index is -4.84. The molecular formula is C10H7F3N2O3S. The van der Waals surface area contributed by atoms with Gasteiger partial charge in [-0.05, 0) is 11.4 Å². The Hall–Kier alpha value is -1.90. The lowest BCUT2D eigenvalue weighted by Crippen LogP contribution is -2.35. The number of carbonyl (C=O) groups is 1. The lowest BCUT2D eigenvalue weighted by molar-refractivity contribution is -0.177. The molecule has 19 heavy (non-hydrogen) atoms. The van der Waals surface area contributed by atoms with Crippen molar-refractivity contribution < 1.29 is 23.1 Å². The van der Waals surface area contributed by atoms with Gasteiger partial charge in [0, 0.05) is 0 Å². The lowest BCUT2D eigenvalue weighted by atomic mass is 10.2. The van der Waals surface area contributed by atoms with Crippen LogP contribution in [0.3, 0.4) is 0 Å². The number of fused-ring (bicyclic) bond motifs is 1. The molecule has 0 radical (unpaired) electrons. The number of carboxylic acid groups (broad SMARTS) is 1. The normalized spacial score (nSPS) is 13.6. The van der Waals surface area contributed by atoms with E-state index in [1.807, 2.05) is 0 Å². The maximum absolute atomic E-state index is 12.8. The second-order valence-electron chi connectivity index (χ2n) is 3.75. The van der Waals surface area contributed by atoms with Crippen LogP contribution in [0.25, 0.3) is 10.2 Å². The standard InChI is InChI=1S/C10H7F3N2O3S/c11-10(12,13)6(3-7(16)17)15-4-14-8-5(9(15)18)1-2-19-8/h1-2,4,6H,3H2,(H,16,17). The van der Waals surface area contributed by atoms with Gasteiger partial charge in [-0.3, -0.25) is 14.2 Å². The first-order valence-corrected chi connectivity index (χ1v) is 5.91.